The first kappa shape index (κ1) is 19.0. The van der Waals surface area contributed by atoms with Crippen LogP contribution >= 0.6 is 0 Å². The molecule has 0 heterocycles. The van der Waals surface area contributed by atoms with E-state index in [9.17, 15) is 4.39 Å². The van der Waals surface area contributed by atoms with E-state index in [0.29, 0.717) is 18.9 Å². The number of hydrogen-bond acceptors (Lipinski definition) is 3. The van der Waals surface area contributed by atoms with Gasteiger partial charge in [0.25, 0.3) is 0 Å². The molecule has 0 amide bonds. The Labute approximate surface area is 149 Å². The van der Waals surface area contributed by atoms with Crippen LogP contribution < -0.4 is 9.47 Å². The normalized spacial score (nSPS) is 11.0. The molecule has 0 radical (unpaired) electrons. The van der Waals surface area contributed by atoms with Gasteiger partial charge in [0.15, 0.2) is 0 Å². The maximum Gasteiger partial charge on any atom is 0.131 e. The van der Waals surface area contributed by atoms with E-state index in [-0.39, 0.29) is 5.82 Å². The van der Waals surface area contributed by atoms with Gasteiger partial charge in [-0.25, -0.2) is 4.39 Å². The van der Waals surface area contributed by atoms with E-state index < -0.39 is 0 Å². The van der Waals surface area contributed by atoms with Crippen LogP contribution in [0.3, 0.4) is 0 Å². The predicted octanol–water partition coefficient (Wildman–Crippen LogP) is 5.93. The monoisotopic (exact) mass is 343 g/mol. The highest BCUT2D eigenvalue weighted by Gasteiger charge is 2.05. The van der Waals surface area contributed by atoms with Crippen LogP contribution in [0.1, 0.15) is 45.1 Å². The number of benzene rings is 2. The maximum atomic E-state index is 13.0. The third-order valence-electron chi connectivity index (χ3n) is 3.69. The number of nitrogens with zero attached hydrogens (tertiary/aromatic N) is 1. The molecule has 0 aliphatic heterocycles. The van der Waals surface area contributed by atoms with Crippen molar-refractivity contribution >= 4 is 11.9 Å². The molecule has 0 aromatic heterocycles. The lowest BCUT2D eigenvalue weighted by Gasteiger charge is -2.12. The summed E-state index contributed by atoms with van der Waals surface area (Å²) < 4.78 is 24.6. The molecule has 0 saturated heterocycles. The van der Waals surface area contributed by atoms with E-state index >= 15 is 0 Å². The van der Waals surface area contributed by atoms with Gasteiger partial charge in [-0.1, -0.05) is 26.7 Å². The van der Waals surface area contributed by atoms with Gasteiger partial charge in [-0.15, -0.1) is 0 Å². The van der Waals surface area contributed by atoms with Gasteiger partial charge in [0.2, 0.25) is 0 Å². The first-order valence-electron chi connectivity index (χ1n) is 8.92. The van der Waals surface area contributed by atoms with Crippen molar-refractivity contribution in [3.8, 4) is 11.5 Å². The van der Waals surface area contributed by atoms with Crippen LogP contribution in [0.4, 0.5) is 10.1 Å². The fourth-order valence-electron chi connectivity index (χ4n) is 2.17. The zero-order valence-electron chi connectivity index (χ0n) is 15.0. The molecular formula is C21H26FNO2. The molecule has 3 nitrogen and oxygen atoms in total. The topological polar surface area (TPSA) is 30.8 Å². The summed E-state index contributed by atoms with van der Waals surface area (Å²) in [6.45, 7) is 5.63. The standard InChI is InChI=1S/C21H26FNO2/c1-3-5-13-24-20-12-7-17(21(15-20)25-14-6-4-2)16-23-19-10-8-18(22)9-11-19/h7-12,15-16H,3-6,13-14H2,1-2H3/b23-16+. The molecular weight excluding hydrogens is 317 g/mol. The van der Waals surface area contributed by atoms with Gasteiger partial charge in [-0.3, -0.25) is 4.99 Å². The summed E-state index contributed by atoms with van der Waals surface area (Å²) in [5.41, 5.74) is 1.58. The SMILES string of the molecule is CCCCOc1ccc(/C=N/c2ccc(F)cc2)c(OCCCC)c1. The summed E-state index contributed by atoms with van der Waals surface area (Å²) in [5, 5.41) is 0. The largest absolute Gasteiger partial charge is 0.493 e. The second-order valence-electron chi connectivity index (χ2n) is 5.84. The summed E-state index contributed by atoms with van der Waals surface area (Å²) in [7, 11) is 0. The third kappa shape index (κ3) is 6.57. The molecule has 0 saturated carbocycles. The lowest BCUT2D eigenvalue weighted by molar-refractivity contribution is 0.294. The molecule has 0 unspecified atom stereocenters. The fraction of sp³-hybridized carbons (Fsp3) is 0.381. The highest BCUT2D eigenvalue weighted by atomic mass is 19.1. The average molecular weight is 343 g/mol. The molecule has 2 aromatic carbocycles. The van der Waals surface area contributed by atoms with Crippen LogP contribution in [0.2, 0.25) is 0 Å². The zero-order valence-corrected chi connectivity index (χ0v) is 15.0. The van der Waals surface area contributed by atoms with Crippen LogP contribution in [0.15, 0.2) is 47.5 Å². The molecule has 2 rings (SSSR count). The molecule has 4 heteroatoms. The van der Waals surface area contributed by atoms with Gasteiger partial charge in [0.1, 0.15) is 17.3 Å². The predicted molar refractivity (Wildman–Crippen MR) is 101 cm³/mol. The Kier molecular flexibility index (Phi) is 7.96. The Hall–Kier alpha value is -2.36. The maximum absolute atomic E-state index is 13.0. The molecule has 0 atom stereocenters. The highest BCUT2D eigenvalue weighted by molar-refractivity contribution is 5.85. The first-order valence-corrected chi connectivity index (χ1v) is 8.92. The van der Waals surface area contributed by atoms with Crippen molar-refractivity contribution in [1.82, 2.24) is 0 Å². The Morgan fingerprint density at radius 1 is 0.920 bits per heavy atom. The minimum atomic E-state index is -0.267. The molecule has 0 aliphatic rings. The Balaban J connectivity index is 2.14. The van der Waals surface area contributed by atoms with Gasteiger partial charge in [-0.2, -0.15) is 0 Å². The van der Waals surface area contributed by atoms with Crippen molar-refractivity contribution in [3.05, 3.63) is 53.8 Å². The molecule has 0 spiro atoms. The summed E-state index contributed by atoms with van der Waals surface area (Å²) in [6.07, 6.45) is 5.94. The van der Waals surface area contributed by atoms with Gasteiger partial charge in [-0.05, 0) is 49.2 Å². The number of aliphatic imine (C=N–C) groups is 1. The fourth-order valence-corrected chi connectivity index (χ4v) is 2.17. The Bertz CT molecular complexity index is 668. The lowest BCUT2D eigenvalue weighted by Crippen LogP contribution is -2.02. The van der Waals surface area contributed by atoms with Crippen LogP contribution in [-0.2, 0) is 0 Å². The van der Waals surface area contributed by atoms with E-state index in [0.717, 1.165) is 42.7 Å². The second kappa shape index (κ2) is 10.5. The molecule has 0 bridgehead atoms. The zero-order chi connectivity index (χ0) is 17.9. The van der Waals surface area contributed by atoms with Gasteiger partial charge in [0, 0.05) is 17.8 Å². The van der Waals surface area contributed by atoms with Crippen molar-refractivity contribution in [3.63, 3.8) is 0 Å². The quantitative estimate of drug-likeness (QED) is 0.395. The Morgan fingerprint density at radius 3 is 2.28 bits per heavy atom. The van der Waals surface area contributed by atoms with Crippen molar-refractivity contribution in [2.75, 3.05) is 13.2 Å². The number of unbranched alkanes of at least 4 members (excludes halogenated alkanes) is 2. The second-order valence-corrected chi connectivity index (χ2v) is 5.84. The number of halogens is 1. The smallest absolute Gasteiger partial charge is 0.131 e. The summed E-state index contributed by atoms with van der Waals surface area (Å²) >= 11 is 0. The van der Waals surface area contributed by atoms with Crippen molar-refractivity contribution in [1.29, 1.82) is 0 Å². The van der Waals surface area contributed by atoms with Gasteiger partial charge >= 0.3 is 0 Å². The molecule has 134 valence electrons. The average Bonchev–Trinajstić information content (AvgIpc) is 2.63. The van der Waals surface area contributed by atoms with Crippen molar-refractivity contribution in [2.24, 2.45) is 4.99 Å². The number of ether oxygens (including phenoxy) is 2. The van der Waals surface area contributed by atoms with E-state index in [4.69, 9.17) is 9.47 Å². The summed E-state index contributed by atoms with van der Waals surface area (Å²) in [5.74, 6) is 1.29. The van der Waals surface area contributed by atoms with Gasteiger partial charge < -0.3 is 9.47 Å². The molecule has 0 fully saturated rings. The van der Waals surface area contributed by atoms with Gasteiger partial charge in [0.05, 0.1) is 18.9 Å². The molecule has 25 heavy (non-hydrogen) atoms. The molecule has 2 aromatic rings. The van der Waals surface area contributed by atoms with Crippen LogP contribution in [0, 0.1) is 5.82 Å². The van der Waals surface area contributed by atoms with Crippen molar-refractivity contribution in [2.45, 2.75) is 39.5 Å². The van der Waals surface area contributed by atoms with E-state index in [1.165, 1.54) is 12.1 Å². The van der Waals surface area contributed by atoms with Crippen LogP contribution in [0.25, 0.3) is 0 Å². The van der Waals surface area contributed by atoms with E-state index in [1.807, 2.05) is 18.2 Å². The number of hydrogen-bond donors (Lipinski definition) is 0. The van der Waals surface area contributed by atoms with E-state index in [2.05, 4.69) is 18.8 Å². The summed E-state index contributed by atoms with van der Waals surface area (Å²) in [6, 6.07) is 11.9. The van der Waals surface area contributed by atoms with Crippen LogP contribution in [-0.4, -0.2) is 19.4 Å². The highest BCUT2D eigenvalue weighted by Crippen LogP contribution is 2.25. The Morgan fingerprint density at radius 2 is 1.60 bits per heavy atom. The van der Waals surface area contributed by atoms with Crippen molar-refractivity contribution < 1.29 is 13.9 Å². The minimum Gasteiger partial charge on any atom is -0.493 e. The molecule has 0 N–H and O–H groups in total. The summed E-state index contributed by atoms with van der Waals surface area (Å²) in [4.78, 5) is 4.40. The van der Waals surface area contributed by atoms with Crippen LogP contribution in [0.5, 0.6) is 11.5 Å². The lowest BCUT2D eigenvalue weighted by atomic mass is 10.2. The number of rotatable bonds is 10. The third-order valence-corrected chi connectivity index (χ3v) is 3.69. The minimum absolute atomic E-state index is 0.267. The van der Waals surface area contributed by atoms with E-state index in [1.54, 1.807) is 18.3 Å². The first-order chi connectivity index (χ1) is 12.2. The molecule has 0 aliphatic carbocycles.